The number of imide groups is 1. The van der Waals surface area contributed by atoms with Crippen LogP contribution in [-0.2, 0) is 9.59 Å². The second kappa shape index (κ2) is 11.4. The summed E-state index contributed by atoms with van der Waals surface area (Å²) in [5.74, 6) is 2.27. The molecule has 0 unspecified atom stereocenters. The molecule has 0 aliphatic carbocycles. The molecule has 1 N–H and O–H groups in total. The summed E-state index contributed by atoms with van der Waals surface area (Å²) in [6.07, 6.45) is 6.83. The first kappa shape index (κ1) is 24.9. The highest BCUT2D eigenvalue weighted by Crippen LogP contribution is 2.39. The Morgan fingerprint density at radius 2 is 1.94 bits per heavy atom. The van der Waals surface area contributed by atoms with Gasteiger partial charge in [-0.2, -0.15) is 0 Å². The number of halogens is 2. The van der Waals surface area contributed by atoms with Crippen molar-refractivity contribution in [1.82, 2.24) is 4.90 Å². The number of nitrogens with zero attached hydrogens (tertiary/aromatic N) is 1. The van der Waals surface area contributed by atoms with E-state index in [1.807, 2.05) is 6.92 Å². The normalized spacial score (nSPS) is 14.4. The average Bonchev–Trinajstić information content (AvgIpc) is 3.02. The molecule has 2 aromatic rings. The minimum Gasteiger partial charge on any atom is -0.490 e. The zero-order valence-corrected chi connectivity index (χ0v) is 21.4. The quantitative estimate of drug-likeness (QED) is 0.330. The molecule has 10 heteroatoms. The number of carbonyl (C=O) groups excluding carboxylic acids is 3. The topological polar surface area (TPSA) is 84.9 Å². The molecule has 1 fully saturated rings. The van der Waals surface area contributed by atoms with Crippen molar-refractivity contribution in [1.29, 1.82) is 0 Å². The van der Waals surface area contributed by atoms with Crippen LogP contribution in [0, 0.1) is 12.3 Å². The lowest BCUT2D eigenvalue weighted by Crippen LogP contribution is -2.36. The van der Waals surface area contributed by atoms with Gasteiger partial charge in [-0.15, -0.1) is 6.42 Å². The summed E-state index contributed by atoms with van der Waals surface area (Å²) in [4.78, 5) is 38.6. The molecule has 0 aromatic heterocycles. The number of amides is 3. The number of hydrogen-bond acceptors (Lipinski definition) is 6. The molecule has 0 atom stereocenters. The Morgan fingerprint density at radius 1 is 1.21 bits per heavy atom. The third kappa shape index (κ3) is 6.41. The van der Waals surface area contributed by atoms with Gasteiger partial charge in [-0.05, 0) is 82.7 Å². The molecule has 7 nitrogen and oxygen atoms in total. The number of carbonyl (C=O) groups is 3. The summed E-state index contributed by atoms with van der Waals surface area (Å²) >= 11 is 7.52. The summed E-state index contributed by atoms with van der Waals surface area (Å²) in [7, 11) is 0. The van der Waals surface area contributed by atoms with E-state index < -0.39 is 17.1 Å². The lowest BCUT2D eigenvalue weighted by atomic mass is 10.2. The number of ether oxygens (including phenoxy) is 2. The van der Waals surface area contributed by atoms with Gasteiger partial charge in [0.05, 0.1) is 16.0 Å². The molecule has 0 saturated carbocycles. The van der Waals surface area contributed by atoms with Gasteiger partial charge in [-0.3, -0.25) is 19.3 Å². The smallest absolute Gasteiger partial charge is 0.294 e. The van der Waals surface area contributed by atoms with Gasteiger partial charge in [-0.1, -0.05) is 21.9 Å². The Bertz CT molecular complexity index is 1160. The average molecular weight is 594 g/mol. The van der Waals surface area contributed by atoms with Crippen LogP contribution in [0.3, 0.4) is 0 Å². The largest absolute Gasteiger partial charge is 0.490 e. The standard InChI is InChI=1S/C23H18Br2N2O5S/c1-3-9-32-21-17(25)10-14(11-18(21)31-4-2)12-19-22(29)27(23(30)33-19)13-20(28)26-16-7-5-15(24)6-8-16/h1,5-8,10-12H,4,9,13H2,2H3,(H,26,28)/b19-12-. The minimum atomic E-state index is -0.544. The number of hydrogen-bond donors (Lipinski definition) is 1. The van der Waals surface area contributed by atoms with Crippen molar-refractivity contribution in [3.05, 3.63) is 55.8 Å². The predicted molar refractivity (Wildman–Crippen MR) is 135 cm³/mol. The Balaban J connectivity index is 1.76. The van der Waals surface area contributed by atoms with Crippen LogP contribution in [0.2, 0.25) is 0 Å². The van der Waals surface area contributed by atoms with Crippen LogP contribution in [-0.4, -0.2) is 41.7 Å². The van der Waals surface area contributed by atoms with Crippen molar-refractivity contribution in [2.45, 2.75) is 6.92 Å². The summed E-state index contributed by atoms with van der Waals surface area (Å²) in [5, 5.41) is 2.15. The van der Waals surface area contributed by atoms with Gasteiger partial charge < -0.3 is 14.8 Å². The summed E-state index contributed by atoms with van der Waals surface area (Å²) in [6.45, 7) is 1.91. The van der Waals surface area contributed by atoms with Gasteiger partial charge in [0.1, 0.15) is 13.2 Å². The maximum atomic E-state index is 12.8. The van der Waals surface area contributed by atoms with E-state index in [0.717, 1.165) is 21.1 Å². The highest BCUT2D eigenvalue weighted by Gasteiger charge is 2.36. The molecule has 1 heterocycles. The third-order valence-corrected chi connectivity index (χ3v) is 6.26. The van der Waals surface area contributed by atoms with Gasteiger partial charge in [-0.25, -0.2) is 0 Å². The maximum Gasteiger partial charge on any atom is 0.294 e. The monoisotopic (exact) mass is 592 g/mol. The first-order chi connectivity index (χ1) is 15.8. The summed E-state index contributed by atoms with van der Waals surface area (Å²) < 4.78 is 12.6. The molecule has 33 heavy (non-hydrogen) atoms. The van der Waals surface area contributed by atoms with Gasteiger partial charge in [0, 0.05) is 10.2 Å². The van der Waals surface area contributed by atoms with Crippen molar-refractivity contribution in [2.75, 3.05) is 25.1 Å². The van der Waals surface area contributed by atoms with Gasteiger partial charge in [0.25, 0.3) is 11.1 Å². The number of thioether (sulfide) groups is 1. The first-order valence-electron chi connectivity index (χ1n) is 9.65. The molecule has 1 saturated heterocycles. The second-order valence-electron chi connectivity index (χ2n) is 6.58. The van der Waals surface area contributed by atoms with Crippen molar-refractivity contribution in [2.24, 2.45) is 0 Å². The molecule has 2 aromatic carbocycles. The molecular formula is C23H18Br2N2O5S. The van der Waals surface area contributed by atoms with Crippen LogP contribution in [0.5, 0.6) is 11.5 Å². The van der Waals surface area contributed by atoms with Crippen molar-refractivity contribution < 1.29 is 23.9 Å². The van der Waals surface area contributed by atoms with E-state index in [-0.39, 0.29) is 18.1 Å². The van der Waals surface area contributed by atoms with Crippen LogP contribution in [0.1, 0.15) is 12.5 Å². The second-order valence-corrected chi connectivity index (χ2v) is 9.34. The lowest BCUT2D eigenvalue weighted by molar-refractivity contribution is -0.127. The SMILES string of the molecule is C#CCOc1c(Br)cc(/C=C2\SC(=O)N(CC(=O)Nc3ccc(Br)cc3)C2=O)cc1OCC. The third-order valence-electron chi connectivity index (χ3n) is 4.23. The number of nitrogens with one attached hydrogen (secondary N) is 1. The molecule has 170 valence electrons. The lowest BCUT2D eigenvalue weighted by Gasteiger charge is -2.13. The molecule has 0 bridgehead atoms. The highest BCUT2D eigenvalue weighted by atomic mass is 79.9. The predicted octanol–water partition coefficient (Wildman–Crippen LogP) is 5.30. The molecular weight excluding hydrogens is 576 g/mol. The molecule has 0 radical (unpaired) electrons. The van der Waals surface area contributed by atoms with E-state index >= 15 is 0 Å². The Morgan fingerprint density at radius 3 is 2.61 bits per heavy atom. The maximum absolute atomic E-state index is 12.8. The van der Waals surface area contributed by atoms with Crippen molar-refractivity contribution >= 4 is 72.4 Å². The van der Waals surface area contributed by atoms with Crippen molar-refractivity contribution in [3.8, 4) is 23.8 Å². The summed E-state index contributed by atoms with van der Waals surface area (Å²) in [5.41, 5.74) is 1.18. The Labute approximate surface area is 212 Å². The Hall–Kier alpha value is -2.74. The van der Waals surface area contributed by atoms with Gasteiger partial charge in [0.15, 0.2) is 11.5 Å². The fraction of sp³-hybridized carbons (Fsp3) is 0.174. The highest BCUT2D eigenvalue weighted by molar-refractivity contribution is 9.10. The van der Waals surface area contributed by atoms with Crippen LogP contribution in [0.4, 0.5) is 10.5 Å². The molecule has 1 aliphatic heterocycles. The number of terminal acetylenes is 1. The van der Waals surface area contributed by atoms with Crippen LogP contribution >= 0.6 is 43.6 Å². The van der Waals surface area contributed by atoms with E-state index in [2.05, 4.69) is 43.1 Å². The van der Waals surface area contributed by atoms with E-state index in [1.165, 1.54) is 0 Å². The first-order valence-corrected chi connectivity index (χ1v) is 12.1. The van der Waals surface area contributed by atoms with E-state index in [9.17, 15) is 14.4 Å². The summed E-state index contributed by atoms with van der Waals surface area (Å²) in [6, 6.07) is 10.4. The number of benzene rings is 2. The zero-order chi connectivity index (χ0) is 24.0. The zero-order valence-electron chi connectivity index (χ0n) is 17.4. The minimum absolute atomic E-state index is 0.0687. The van der Waals surface area contributed by atoms with Gasteiger partial charge in [0.2, 0.25) is 5.91 Å². The van der Waals surface area contributed by atoms with Crippen LogP contribution < -0.4 is 14.8 Å². The number of rotatable bonds is 8. The number of anilines is 1. The fourth-order valence-electron chi connectivity index (χ4n) is 2.85. The molecule has 3 amide bonds. The van der Waals surface area contributed by atoms with E-state index in [1.54, 1.807) is 42.5 Å². The van der Waals surface area contributed by atoms with Crippen LogP contribution in [0.25, 0.3) is 6.08 Å². The molecule has 0 spiro atoms. The van der Waals surface area contributed by atoms with E-state index in [0.29, 0.717) is 33.8 Å². The van der Waals surface area contributed by atoms with E-state index in [4.69, 9.17) is 15.9 Å². The van der Waals surface area contributed by atoms with Crippen molar-refractivity contribution in [3.63, 3.8) is 0 Å². The van der Waals surface area contributed by atoms with Crippen LogP contribution in [0.15, 0.2) is 50.2 Å². The molecule has 1 aliphatic rings. The van der Waals surface area contributed by atoms with Gasteiger partial charge >= 0.3 is 0 Å². The fourth-order valence-corrected chi connectivity index (χ4v) is 4.53. The molecule has 3 rings (SSSR count). The Kier molecular flexibility index (Phi) is 8.61.